The second kappa shape index (κ2) is 7.36. The normalized spacial score (nSPS) is 18.3. The molecular weight excluding hydrogens is 256 g/mol. The van der Waals surface area contributed by atoms with Crippen LogP contribution in [0.4, 0.5) is 0 Å². The van der Waals surface area contributed by atoms with Gasteiger partial charge in [-0.3, -0.25) is 0 Å². The molecule has 1 aliphatic rings. The predicted molar refractivity (Wildman–Crippen MR) is 80.5 cm³/mol. The van der Waals surface area contributed by atoms with Crippen molar-refractivity contribution in [3.63, 3.8) is 0 Å². The van der Waals surface area contributed by atoms with Gasteiger partial charge in [0, 0.05) is 30.1 Å². The van der Waals surface area contributed by atoms with Gasteiger partial charge in [-0.25, -0.2) is 4.98 Å². The minimum absolute atomic E-state index is 0.234. The van der Waals surface area contributed by atoms with Crippen molar-refractivity contribution in [3.05, 3.63) is 16.1 Å². The Labute approximate surface area is 120 Å². The molecule has 1 fully saturated rings. The fourth-order valence-corrected chi connectivity index (χ4v) is 3.81. The van der Waals surface area contributed by atoms with E-state index in [9.17, 15) is 5.11 Å². The van der Waals surface area contributed by atoms with Crippen LogP contribution in [-0.4, -0.2) is 22.7 Å². The van der Waals surface area contributed by atoms with E-state index < -0.39 is 0 Å². The van der Waals surface area contributed by atoms with Crippen LogP contribution in [0.5, 0.6) is 0 Å². The molecule has 0 amide bonds. The van der Waals surface area contributed by atoms with Crippen molar-refractivity contribution in [1.82, 2.24) is 10.3 Å². The minimum Gasteiger partial charge on any atom is -0.392 e. The zero-order valence-electron chi connectivity index (χ0n) is 12.1. The SMILES string of the molecule is CC(C)CC(O)CNCc1cnc(C2CCCC2)s1. The summed E-state index contributed by atoms with van der Waals surface area (Å²) in [5.41, 5.74) is 0. The van der Waals surface area contributed by atoms with E-state index in [2.05, 4.69) is 24.1 Å². The molecule has 1 aromatic heterocycles. The predicted octanol–water partition coefficient (Wildman–Crippen LogP) is 3.30. The van der Waals surface area contributed by atoms with E-state index >= 15 is 0 Å². The number of rotatable bonds is 7. The smallest absolute Gasteiger partial charge is 0.0959 e. The van der Waals surface area contributed by atoms with E-state index in [1.165, 1.54) is 35.6 Å². The van der Waals surface area contributed by atoms with E-state index in [4.69, 9.17) is 0 Å². The van der Waals surface area contributed by atoms with Crippen molar-refractivity contribution in [2.45, 2.75) is 64.5 Å². The van der Waals surface area contributed by atoms with Crippen molar-refractivity contribution in [2.24, 2.45) is 5.92 Å². The lowest BCUT2D eigenvalue weighted by Crippen LogP contribution is -2.27. The molecule has 0 radical (unpaired) electrons. The largest absolute Gasteiger partial charge is 0.392 e. The van der Waals surface area contributed by atoms with Crippen LogP contribution in [0.1, 0.15) is 61.8 Å². The maximum atomic E-state index is 9.80. The van der Waals surface area contributed by atoms with Crippen molar-refractivity contribution < 1.29 is 5.11 Å². The number of aliphatic hydroxyl groups is 1. The van der Waals surface area contributed by atoms with Crippen LogP contribution in [0, 0.1) is 5.92 Å². The summed E-state index contributed by atoms with van der Waals surface area (Å²) in [6, 6.07) is 0. The average molecular weight is 282 g/mol. The van der Waals surface area contributed by atoms with Gasteiger partial charge in [-0.05, 0) is 25.2 Å². The third-order valence-corrected chi connectivity index (χ3v) is 4.86. The van der Waals surface area contributed by atoms with E-state index in [1.807, 2.05) is 17.5 Å². The van der Waals surface area contributed by atoms with Crippen LogP contribution in [0.15, 0.2) is 6.20 Å². The van der Waals surface area contributed by atoms with Crippen molar-refractivity contribution in [1.29, 1.82) is 0 Å². The number of hydrogen-bond acceptors (Lipinski definition) is 4. The third kappa shape index (κ3) is 4.86. The van der Waals surface area contributed by atoms with Crippen LogP contribution in [-0.2, 0) is 6.54 Å². The fraction of sp³-hybridized carbons (Fsp3) is 0.800. The number of thiazole rings is 1. The first kappa shape index (κ1) is 14.9. The fourth-order valence-electron chi connectivity index (χ4n) is 2.76. The maximum absolute atomic E-state index is 9.80. The first-order valence-electron chi connectivity index (χ1n) is 7.48. The van der Waals surface area contributed by atoms with Gasteiger partial charge in [0.15, 0.2) is 0 Å². The summed E-state index contributed by atoms with van der Waals surface area (Å²) in [6.07, 6.45) is 7.98. The highest BCUT2D eigenvalue weighted by Crippen LogP contribution is 2.35. The molecule has 1 unspecified atom stereocenters. The van der Waals surface area contributed by atoms with E-state index in [-0.39, 0.29) is 6.10 Å². The monoisotopic (exact) mass is 282 g/mol. The molecule has 108 valence electrons. The Balaban J connectivity index is 1.71. The van der Waals surface area contributed by atoms with Gasteiger partial charge in [0.1, 0.15) is 0 Å². The van der Waals surface area contributed by atoms with Gasteiger partial charge in [0.2, 0.25) is 0 Å². The van der Waals surface area contributed by atoms with Crippen LogP contribution in [0.2, 0.25) is 0 Å². The molecule has 0 saturated heterocycles. The van der Waals surface area contributed by atoms with Gasteiger partial charge in [-0.1, -0.05) is 26.7 Å². The summed E-state index contributed by atoms with van der Waals surface area (Å²) in [4.78, 5) is 5.85. The minimum atomic E-state index is -0.234. The molecule has 0 aliphatic heterocycles. The Morgan fingerprint density at radius 3 is 2.84 bits per heavy atom. The van der Waals surface area contributed by atoms with Gasteiger partial charge in [-0.2, -0.15) is 0 Å². The molecule has 2 rings (SSSR count). The van der Waals surface area contributed by atoms with Crippen molar-refractivity contribution in [3.8, 4) is 0 Å². The average Bonchev–Trinajstić information content (AvgIpc) is 2.97. The lowest BCUT2D eigenvalue weighted by Gasteiger charge is -2.13. The van der Waals surface area contributed by atoms with Crippen LogP contribution in [0.25, 0.3) is 0 Å². The maximum Gasteiger partial charge on any atom is 0.0959 e. The molecule has 1 atom stereocenters. The number of aliphatic hydroxyl groups excluding tert-OH is 1. The zero-order chi connectivity index (χ0) is 13.7. The van der Waals surface area contributed by atoms with Gasteiger partial charge in [0.05, 0.1) is 11.1 Å². The zero-order valence-corrected chi connectivity index (χ0v) is 12.9. The standard InChI is InChI=1S/C15H26N2OS/c1-11(2)7-13(18)8-16-9-14-10-17-15(19-14)12-5-3-4-6-12/h10-13,16,18H,3-9H2,1-2H3. The highest BCUT2D eigenvalue weighted by molar-refractivity contribution is 7.11. The Morgan fingerprint density at radius 2 is 2.16 bits per heavy atom. The third-order valence-electron chi connectivity index (χ3n) is 3.70. The summed E-state index contributed by atoms with van der Waals surface area (Å²) < 4.78 is 0. The Bertz CT molecular complexity index is 372. The Hall–Kier alpha value is -0.450. The molecule has 0 aromatic carbocycles. The van der Waals surface area contributed by atoms with E-state index in [1.54, 1.807) is 0 Å². The first-order chi connectivity index (χ1) is 9.15. The highest BCUT2D eigenvalue weighted by Gasteiger charge is 2.20. The highest BCUT2D eigenvalue weighted by atomic mass is 32.1. The molecule has 2 N–H and O–H groups in total. The first-order valence-corrected chi connectivity index (χ1v) is 8.30. The molecule has 0 bridgehead atoms. The number of aromatic nitrogens is 1. The van der Waals surface area contributed by atoms with Crippen LogP contribution >= 0.6 is 11.3 Å². The van der Waals surface area contributed by atoms with Crippen LogP contribution in [0.3, 0.4) is 0 Å². The molecule has 19 heavy (non-hydrogen) atoms. The lowest BCUT2D eigenvalue weighted by atomic mass is 10.1. The summed E-state index contributed by atoms with van der Waals surface area (Å²) in [7, 11) is 0. The van der Waals surface area contributed by atoms with E-state index in [0.717, 1.165) is 13.0 Å². The number of nitrogens with zero attached hydrogens (tertiary/aromatic N) is 1. The van der Waals surface area contributed by atoms with Gasteiger partial charge < -0.3 is 10.4 Å². The lowest BCUT2D eigenvalue weighted by molar-refractivity contribution is 0.146. The topological polar surface area (TPSA) is 45.1 Å². The Kier molecular flexibility index (Phi) is 5.79. The van der Waals surface area contributed by atoms with Gasteiger partial charge in [-0.15, -0.1) is 11.3 Å². The molecule has 1 heterocycles. The molecule has 1 aromatic rings. The second-order valence-electron chi connectivity index (χ2n) is 6.06. The molecular formula is C15H26N2OS. The number of nitrogens with one attached hydrogen (secondary N) is 1. The van der Waals surface area contributed by atoms with Crippen LogP contribution < -0.4 is 5.32 Å². The quantitative estimate of drug-likeness (QED) is 0.806. The summed E-state index contributed by atoms with van der Waals surface area (Å²) in [6.45, 7) is 5.79. The van der Waals surface area contributed by atoms with Gasteiger partial charge in [0.25, 0.3) is 0 Å². The van der Waals surface area contributed by atoms with Crippen molar-refractivity contribution >= 4 is 11.3 Å². The summed E-state index contributed by atoms with van der Waals surface area (Å²) in [5.74, 6) is 1.26. The summed E-state index contributed by atoms with van der Waals surface area (Å²) in [5, 5.41) is 14.4. The second-order valence-corrected chi connectivity index (χ2v) is 7.21. The molecule has 1 aliphatic carbocycles. The van der Waals surface area contributed by atoms with Gasteiger partial charge >= 0.3 is 0 Å². The van der Waals surface area contributed by atoms with Crippen molar-refractivity contribution in [2.75, 3.05) is 6.54 Å². The molecule has 0 spiro atoms. The Morgan fingerprint density at radius 1 is 1.42 bits per heavy atom. The molecule has 3 nitrogen and oxygen atoms in total. The number of hydrogen-bond donors (Lipinski definition) is 2. The molecule has 4 heteroatoms. The summed E-state index contributed by atoms with van der Waals surface area (Å²) >= 11 is 1.84. The van der Waals surface area contributed by atoms with E-state index in [0.29, 0.717) is 18.4 Å². The molecule has 1 saturated carbocycles.